The highest BCUT2D eigenvalue weighted by Gasteiger charge is 2.10. The number of fused-ring (bicyclic) bond motifs is 3. The number of hydrogen-bond acceptors (Lipinski definition) is 2. The molecule has 0 spiro atoms. The molecular formula is C16H10FN3. The van der Waals surface area contributed by atoms with Crippen LogP contribution in [-0.2, 0) is 0 Å². The molecule has 2 heterocycles. The van der Waals surface area contributed by atoms with Crippen LogP contribution in [0.2, 0.25) is 0 Å². The highest BCUT2D eigenvalue weighted by molar-refractivity contribution is 6.04. The highest BCUT2D eigenvalue weighted by Crippen LogP contribution is 2.26. The fourth-order valence-corrected chi connectivity index (χ4v) is 2.39. The van der Waals surface area contributed by atoms with Crippen molar-refractivity contribution in [1.29, 1.82) is 0 Å². The summed E-state index contributed by atoms with van der Waals surface area (Å²) in [7, 11) is 0. The van der Waals surface area contributed by atoms with Crippen LogP contribution in [0.3, 0.4) is 0 Å². The number of nitrogens with one attached hydrogen (secondary N) is 1. The molecule has 0 saturated carbocycles. The maximum atomic E-state index is 13.8. The fraction of sp³-hybridized carbons (Fsp3) is 0. The van der Waals surface area contributed by atoms with Crippen molar-refractivity contribution < 1.29 is 4.39 Å². The van der Waals surface area contributed by atoms with E-state index in [1.807, 2.05) is 24.3 Å². The zero-order chi connectivity index (χ0) is 13.5. The van der Waals surface area contributed by atoms with Crippen molar-refractivity contribution >= 4 is 21.9 Å². The Bertz CT molecular complexity index is 927. The molecule has 0 bridgehead atoms. The molecule has 4 aromatic rings. The largest absolute Gasteiger partial charge is 0.352 e. The molecule has 3 nitrogen and oxygen atoms in total. The van der Waals surface area contributed by atoms with Gasteiger partial charge in [-0.15, -0.1) is 0 Å². The van der Waals surface area contributed by atoms with Gasteiger partial charge < -0.3 is 4.98 Å². The second kappa shape index (κ2) is 4.13. The number of aromatic nitrogens is 3. The van der Waals surface area contributed by atoms with E-state index < -0.39 is 0 Å². The van der Waals surface area contributed by atoms with Crippen LogP contribution in [0.1, 0.15) is 0 Å². The Kier molecular flexibility index (Phi) is 2.29. The Labute approximate surface area is 114 Å². The van der Waals surface area contributed by atoms with Crippen LogP contribution in [0, 0.1) is 5.82 Å². The van der Waals surface area contributed by atoms with Crippen LogP contribution in [-0.4, -0.2) is 15.0 Å². The minimum atomic E-state index is -0.313. The van der Waals surface area contributed by atoms with E-state index in [1.54, 1.807) is 24.4 Å². The summed E-state index contributed by atoms with van der Waals surface area (Å²) in [6, 6.07) is 14.4. The molecule has 1 N–H and O–H groups in total. The number of para-hydroxylation sites is 1. The number of H-pyrrole nitrogens is 1. The molecule has 0 fully saturated rings. The fourth-order valence-electron chi connectivity index (χ4n) is 2.39. The lowest BCUT2D eigenvalue weighted by atomic mass is 10.2. The van der Waals surface area contributed by atoms with Crippen LogP contribution in [0.4, 0.5) is 4.39 Å². The third kappa shape index (κ3) is 1.58. The van der Waals surface area contributed by atoms with Crippen LogP contribution in [0.15, 0.2) is 54.7 Å². The van der Waals surface area contributed by atoms with E-state index >= 15 is 0 Å². The molecule has 4 rings (SSSR count). The van der Waals surface area contributed by atoms with Gasteiger partial charge in [-0.05, 0) is 18.2 Å². The van der Waals surface area contributed by atoms with Crippen molar-refractivity contribution in [3.05, 3.63) is 60.5 Å². The van der Waals surface area contributed by atoms with Gasteiger partial charge >= 0.3 is 0 Å². The van der Waals surface area contributed by atoms with Crippen molar-refractivity contribution in [1.82, 2.24) is 15.0 Å². The summed E-state index contributed by atoms with van der Waals surface area (Å²) in [6.45, 7) is 0. The monoisotopic (exact) mass is 263 g/mol. The van der Waals surface area contributed by atoms with E-state index in [0.717, 1.165) is 21.9 Å². The van der Waals surface area contributed by atoms with Gasteiger partial charge in [0.15, 0.2) is 5.82 Å². The molecule has 0 radical (unpaired) electrons. The van der Waals surface area contributed by atoms with Gasteiger partial charge in [-0.2, -0.15) is 0 Å². The number of halogens is 1. The molecule has 0 unspecified atom stereocenters. The molecule has 0 aliphatic heterocycles. The maximum absolute atomic E-state index is 13.8. The summed E-state index contributed by atoms with van der Waals surface area (Å²) in [5.41, 5.74) is 3.09. The third-order valence-corrected chi connectivity index (χ3v) is 3.36. The molecule has 20 heavy (non-hydrogen) atoms. The topological polar surface area (TPSA) is 41.6 Å². The number of nitrogens with zero attached hydrogens (tertiary/aromatic N) is 2. The quantitative estimate of drug-likeness (QED) is 0.565. The smallest absolute Gasteiger partial charge is 0.162 e. The number of benzene rings is 2. The van der Waals surface area contributed by atoms with Crippen LogP contribution in [0.5, 0.6) is 0 Å². The average molecular weight is 263 g/mol. The number of hydrogen-bond donors (Lipinski definition) is 1. The second-order valence-electron chi connectivity index (χ2n) is 4.61. The van der Waals surface area contributed by atoms with Crippen molar-refractivity contribution in [2.45, 2.75) is 0 Å². The average Bonchev–Trinajstić information content (AvgIpc) is 2.85. The highest BCUT2D eigenvalue weighted by atomic mass is 19.1. The van der Waals surface area contributed by atoms with E-state index in [1.165, 1.54) is 6.07 Å². The van der Waals surface area contributed by atoms with Gasteiger partial charge in [0.2, 0.25) is 0 Å². The van der Waals surface area contributed by atoms with Crippen molar-refractivity contribution in [3.8, 4) is 11.4 Å². The van der Waals surface area contributed by atoms with Gasteiger partial charge in [0.25, 0.3) is 0 Å². The first-order chi connectivity index (χ1) is 9.83. The number of aromatic amines is 1. The molecule has 96 valence electrons. The van der Waals surface area contributed by atoms with Crippen molar-refractivity contribution in [3.63, 3.8) is 0 Å². The molecule has 2 aromatic heterocycles. The maximum Gasteiger partial charge on any atom is 0.162 e. The SMILES string of the molecule is Fc1ccccc1-c1ncc2[nH]c3ccccc3c2n1. The zero-order valence-corrected chi connectivity index (χ0v) is 10.5. The van der Waals surface area contributed by atoms with Crippen molar-refractivity contribution in [2.75, 3.05) is 0 Å². The summed E-state index contributed by atoms with van der Waals surface area (Å²) in [5, 5.41) is 1.02. The first-order valence-electron chi connectivity index (χ1n) is 6.31. The predicted octanol–water partition coefficient (Wildman–Crippen LogP) is 3.92. The second-order valence-corrected chi connectivity index (χ2v) is 4.61. The lowest BCUT2D eigenvalue weighted by molar-refractivity contribution is 0.630. The zero-order valence-electron chi connectivity index (χ0n) is 10.5. The van der Waals surface area contributed by atoms with E-state index in [-0.39, 0.29) is 5.82 Å². The van der Waals surface area contributed by atoms with E-state index in [0.29, 0.717) is 11.4 Å². The molecule has 4 heteroatoms. The predicted molar refractivity (Wildman–Crippen MR) is 76.8 cm³/mol. The Morgan fingerprint density at radius 1 is 0.900 bits per heavy atom. The standard InChI is InChI=1S/C16H10FN3/c17-12-7-3-1-5-10(12)16-18-9-14-15(20-16)11-6-2-4-8-13(11)19-14/h1-9,19H. The third-order valence-electron chi connectivity index (χ3n) is 3.36. The Hall–Kier alpha value is -2.75. The Balaban J connectivity index is 2.03. The summed E-state index contributed by atoms with van der Waals surface area (Å²) < 4.78 is 13.8. The van der Waals surface area contributed by atoms with Gasteiger partial charge in [-0.25, -0.2) is 14.4 Å². The Morgan fingerprint density at radius 2 is 1.70 bits per heavy atom. The van der Waals surface area contributed by atoms with E-state index in [9.17, 15) is 4.39 Å². The van der Waals surface area contributed by atoms with Crippen LogP contribution in [0.25, 0.3) is 33.3 Å². The molecule has 0 aliphatic rings. The normalized spacial score (nSPS) is 11.2. The van der Waals surface area contributed by atoms with Gasteiger partial charge in [0.05, 0.1) is 22.8 Å². The number of rotatable bonds is 1. The first kappa shape index (κ1) is 11.1. The Morgan fingerprint density at radius 3 is 2.60 bits per heavy atom. The van der Waals surface area contributed by atoms with Gasteiger partial charge in [-0.1, -0.05) is 30.3 Å². The molecular weight excluding hydrogens is 253 g/mol. The molecule has 0 saturated heterocycles. The van der Waals surface area contributed by atoms with E-state index in [4.69, 9.17) is 0 Å². The minimum Gasteiger partial charge on any atom is -0.352 e. The molecule has 0 aliphatic carbocycles. The van der Waals surface area contributed by atoms with Gasteiger partial charge in [0, 0.05) is 10.9 Å². The summed E-state index contributed by atoms with van der Waals surface area (Å²) in [4.78, 5) is 12.0. The first-order valence-corrected chi connectivity index (χ1v) is 6.31. The van der Waals surface area contributed by atoms with Gasteiger partial charge in [-0.3, -0.25) is 0 Å². The van der Waals surface area contributed by atoms with Crippen LogP contribution >= 0.6 is 0 Å². The van der Waals surface area contributed by atoms with Gasteiger partial charge in [0.1, 0.15) is 5.82 Å². The lowest BCUT2D eigenvalue weighted by Crippen LogP contribution is -1.91. The van der Waals surface area contributed by atoms with Crippen LogP contribution < -0.4 is 0 Å². The summed E-state index contributed by atoms with van der Waals surface area (Å²) >= 11 is 0. The molecule has 2 aromatic carbocycles. The van der Waals surface area contributed by atoms with E-state index in [2.05, 4.69) is 15.0 Å². The summed E-state index contributed by atoms with van der Waals surface area (Å²) in [5.74, 6) is 0.0899. The summed E-state index contributed by atoms with van der Waals surface area (Å²) in [6.07, 6.45) is 1.70. The lowest BCUT2D eigenvalue weighted by Gasteiger charge is -2.01. The molecule has 0 atom stereocenters. The minimum absolute atomic E-state index is 0.313. The van der Waals surface area contributed by atoms with Crippen molar-refractivity contribution in [2.24, 2.45) is 0 Å². The molecule has 0 amide bonds.